The number of anilines is 1. The van der Waals surface area contributed by atoms with Gasteiger partial charge in [-0.25, -0.2) is 9.78 Å². The fourth-order valence-electron chi connectivity index (χ4n) is 3.54. The summed E-state index contributed by atoms with van der Waals surface area (Å²) in [6, 6.07) is 1.89. The summed E-state index contributed by atoms with van der Waals surface area (Å²) in [4.78, 5) is 16.0. The highest BCUT2D eigenvalue weighted by molar-refractivity contribution is 5.93. The van der Waals surface area contributed by atoms with Gasteiger partial charge in [0.1, 0.15) is 11.4 Å². The van der Waals surface area contributed by atoms with E-state index in [2.05, 4.69) is 10.3 Å². The maximum atomic E-state index is 11.5. The van der Waals surface area contributed by atoms with E-state index < -0.39 is 5.97 Å². The number of aryl methyl sites for hydroxylation is 2. The van der Waals surface area contributed by atoms with Gasteiger partial charge < -0.3 is 15.5 Å². The predicted octanol–water partition coefficient (Wildman–Crippen LogP) is 2.23. The molecule has 3 N–H and O–H groups in total. The second kappa shape index (κ2) is 6.02. The van der Waals surface area contributed by atoms with E-state index >= 15 is 0 Å². The van der Waals surface area contributed by atoms with Crippen molar-refractivity contribution in [1.82, 2.24) is 4.98 Å². The molecule has 1 heterocycles. The van der Waals surface area contributed by atoms with Gasteiger partial charge in [-0.3, -0.25) is 0 Å². The second-order valence-corrected chi connectivity index (χ2v) is 6.13. The third-order valence-electron chi connectivity index (χ3n) is 4.75. The number of carboxylic acid groups (broad SMARTS) is 1. The molecular weight excluding hydrogens is 268 g/mol. The molecule has 0 saturated heterocycles. The Bertz CT molecular complexity index is 545. The molecule has 21 heavy (non-hydrogen) atoms. The summed E-state index contributed by atoms with van der Waals surface area (Å²) in [5, 5.41) is 22.2. The first-order valence-corrected chi connectivity index (χ1v) is 7.82. The van der Waals surface area contributed by atoms with Crippen molar-refractivity contribution in [2.45, 2.75) is 51.0 Å². The molecule has 2 atom stereocenters. The zero-order valence-electron chi connectivity index (χ0n) is 12.1. The Morgan fingerprint density at radius 2 is 2.10 bits per heavy atom. The monoisotopic (exact) mass is 290 g/mol. The average molecular weight is 290 g/mol. The maximum absolute atomic E-state index is 11.5. The first-order chi connectivity index (χ1) is 10.2. The lowest BCUT2D eigenvalue weighted by atomic mass is 9.85. The van der Waals surface area contributed by atoms with Gasteiger partial charge in [-0.1, -0.05) is 12.8 Å². The number of carboxylic acids is 1. The van der Waals surface area contributed by atoms with Crippen LogP contribution in [0.4, 0.5) is 5.82 Å². The smallest absolute Gasteiger partial charge is 0.339 e. The van der Waals surface area contributed by atoms with Crippen molar-refractivity contribution < 1.29 is 15.0 Å². The summed E-state index contributed by atoms with van der Waals surface area (Å²) in [5.41, 5.74) is 2.36. The van der Waals surface area contributed by atoms with Crippen molar-refractivity contribution in [2.24, 2.45) is 5.92 Å². The summed E-state index contributed by atoms with van der Waals surface area (Å²) in [7, 11) is 0. The third-order valence-corrected chi connectivity index (χ3v) is 4.75. The highest BCUT2D eigenvalue weighted by Gasteiger charge is 2.27. The van der Waals surface area contributed by atoms with Gasteiger partial charge in [0.05, 0.1) is 0 Å². The van der Waals surface area contributed by atoms with Gasteiger partial charge in [0, 0.05) is 24.3 Å². The minimum absolute atomic E-state index is 0.119. The Labute approximate surface area is 124 Å². The van der Waals surface area contributed by atoms with Crippen molar-refractivity contribution in [2.75, 3.05) is 11.9 Å². The Morgan fingerprint density at radius 1 is 1.29 bits per heavy atom. The molecule has 2 aliphatic carbocycles. The summed E-state index contributed by atoms with van der Waals surface area (Å²) in [5.74, 6) is -0.264. The first-order valence-electron chi connectivity index (χ1n) is 7.82. The normalized spacial score (nSPS) is 24.6. The van der Waals surface area contributed by atoms with E-state index in [1.807, 2.05) is 0 Å². The largest absolute Gasteiger partial charge is 0.478 e. The zero-order valence-corrected chi connectivity index (χ0v) is 12.1. The van der Waals surface area contributed by atoms with E-state index in [0.29, 0.717) is 5.82 Å². The Balaban J connectivity index is 1.88. The van der Waals surface area contributed by atoms with E-state index in [1.54, 1.807) is 6.07 Å². The van der Waals surface area contributed by atoms with E-state index in [0.717, 1.165) is 56.2 Å². The van der Waals surface area contributed by atoms with Crippen LogP contribution in [-0.2, 0) is 12.8 Å². The van der Waals surface area contributed by atoms with E-state index in [1.165, 1.54) is 0 Å². The van der Waals surface area contributed by atoms with Crippen LogP contribution >= 0.6 is 0 Å². The number of nitrogens with zero attached hydrogens (tertiary/aromatic N) is 1. The molecule has 0 aliphatic heterocycles. The van der Waals surface area contributed by atoms with Crippen molar-refractivity contribution in [3.05, 3.63) is 22.9 Å². The van der Waals surface area contributed by atoms with Crippen LogP contribution in [-0.4, -0.2) is 33.8 Å². The molecule has 0 bridgehead atoms. The lowest BCUT2D eigenvalue weighted by Crippen LogP contribution is -2.35. The molecule has 0 radical (unpaired) electrons. The number of aliphatic hydroxyl groups is 1. The molecule has 1 saturated carbocycles. The lowest BCUT2D eigenvalue weighted by molar-refractivity contribution is 0.0697. The van der Waals surface area contributed by atoms with Gasteiger partial charge in [-0.2, -0.15) is 0 Å². The fourth-order valence-corrected chi connectivity index (χ4v) is 3.54. The molecule has 114 valence electrons. The van der Waals surface area contributed by atoms with Crippen LogP contribution in [0.3, 0.4) is 0 Å². The molecule has 2 aliphatic rings. The van der Waals surface area contributed by atoms with Gasteiger partial charge in [0.25, 0.3) is 0 Å². The number of carbonyl (C=O) groups is 1. The average Bonchev–Trinajstić information content (AvgIpc) is 2.94. The van der Waals surface area contributed by atoms with Crippen LogP contribution in [0.2, 0.25) is 0 Å². The van der Waals surface area contributed by atoms with Crippen molar-refractivity contribution in [1.29, 1.82) is 0 Å². The number of pyridine rings is 1. The number of hydrogen-bond acceptors (Lipinski definition) is 4. The van der Waals surface area contributed by atoms with Gasteiger partial charge in [-0.05, 0) is 43.7 Å². The molecule has 0 aromatic carbocycles. The Kier molecular flexibility index (Phi) is 4.10. The van der Waals surface area contributed by atoms with Crippen LogP contribution in [0, 0.1) is 5.92 Å². The minimum Gasteiger partial charge on any atom is -0.478 e. The number of aliphatic hydroxyl groups excluding tert-OH is 1. The fraction of sp³-hybridized carbons (Fsp3) is 0.625. The highest BCUT2D eigenvalue weighted by Crippen LogP contribution is 2.30. The number of rotatable bonds is 4. The van der Waals surface area contributed by atoms with Crippen LogP contribution in [0.1, 0.15) is 53.7 Å². The standard InChI is InChI=1S/C16H22N2O3/c19-9-11-4-1-2-6-14(11)18-15-12(16(20)21)8-10-5-3-7-13(10)17-15/h8,11,14,19H,1-7,9H2,(H,17,18)(H,20,21). The number of fused-ring (bicyclic) bond motifs is 1. The minimum atomic E-state index is -0.934. The number of aromatic carboxylic acids is 1. The van der Waals surface area contributed by atoms with E-state index in [9.17, 15) is 15.0 Å². The topological polar surface area (TPSA) is 82.5 Å². The van der Waals surface area contributed by atoms with Crippen LogP contribution < -0.4 is 5.32 Å². The van der Waals surface area contributed by atoms with Crippen molar-refractivity contribution >= 4 is 11.8 Å². The van der Waals surface area contributed by atoms with Crippen LogP contribution in [0.25, 0.3) is 0 Å². The summed E-state index contributed by atoms with van der Waals surface area (Å²) in [6.45, 7) is 0.144. The van der Waals surface area contributed by atoms with Crippen LogP contribution in [0.15, 0.2) is 6.07 Å². The maximum Gasteiger partial charge on any atom is 0.339 e. The number of nitrogens with one attached hydrogen (secondary N) is 1. The van der Waals surface area contributed by atoms with Gasteiger partial charge in [0.15, 0.2) is 0 Å². The predicted molar refractivity (Wildman–Crippen MR) is 79.7 cm³/mol. The molecule has 1 aromatic rings. The molecule has 1 aromatic heterocycles. The Morgan fingerprint density at radius 3 is 2.86 bits per heavy atom. The number of aromatic nitrogens is 1. The van der Waals surface area contributed by atoms with E-state index in [-0.39, 0.29) is 24.1 Å². The summed E-state index contributed by atoms with van der Waals surface area (Å²) < 4.78 is 0. The third kappa shape index (κ3) is 2.88. The quantitative estimate of drug-likeness (QED) is 0.792. The Hall–Kier alpha value is -1.62. The zero-order chi connectivity index (χ0) is 14.8. The SMILES string of the molecule is O=C(O)c1cc2c(nc1NC1CCCCC1CO)CCC2. The lowest BCUT2D eigenvalue weighted by Gasteiger charge is -2.31. The van der Waals surface area contributed by atoms with Crippen LogP contribution in [0.5, 0.6) is 0 Å². The van der Waals surface area contributed by atoms with Crippen molar-refractivity contribution in [3.8, 4) is 0 Å². The first kappa shape index (κ1) is 14.3. The molecular formula is C16H22N2O3. The van der Waals surface area contributed by atoms with Crippen molar-refractivity contribution in [3.63, 3.8) is 0 Å². The summed E-state index contributed by atoms with van der Waals surface area (Å²) in [6.07, 6.45) is 7.09. The molecule has 1 fully saturated rings. The summed E-state index contributed by atoms with van der Waals surface area (Å²) >= 11 is 0. The molecule has 0 spiro atoms. The molecule has 3 rings (SSSR count). The van der Waals surface area contributed by atoms with Gasteiger partial charge >= 0.3 is 5.97 Å². The molecule has 5 heteroatoms. The second-order valence-electron chi connectivity index (χ2n) is 6.13. The molecule has 0 amide bonds. The van der Waals surface area contributed by atoms with Gasteiger partial charge in [0.2, 0.25) is 0 Å². The molecule has 2 unspecified atom stereocenters. The van der Waals surface area contributed by atoms with E-state index in [4.69, 9.17) is 0 Å². The molecule has 5 nitrogen and oxygen atoms in total. The number of hydrogen-bond donors (Lipinski definition) is 3. The highest BCUT2D eigenvalue weighted by atomic mass is 16.4. The van der Waals surface area contributed by atoms with Gasteiger partial charge in [-0.15, -0.1) is 0 Å².